The summed E-state index contributed by atoms with van der Waals surface area (Å²) in [6.07, 6.45) is 2.45. The van der Waals surface area contributed by atoms with Crippen LogP contribution in [0.25, 0.3) is 0 Å². The monoisotopic (exact) mass is 309 g/mol. The molecule has 4 heteroatoms. The number of benzene rings is 1. The van der Waals surface area contributed by atoms with Gasteiger partial charge < -0.3 is 15.1 Å². The predicted molar refractivity (Wildman–Crippen MR) is 92.5 cm³/mol. The van der Waals surface area contributed by atoms with Crippen molar-refractivity contribution in [1.82, 2.24) is 10.2 Å². The first-order valence-corrected chi connectivity index (χ1v) is 8.57. The van der Waals surface area contributed by atoms with E-state index in [4.69, 9.17) is 11.6 Å². The average molecular weight is 310 g/mol. The van der Waals surface area contributed by atoms with Crippen molar-refractivity contribution < 1.29 is 0 Å². The Morgan fingerprint density at radius 1 is 1.05 bits per heavy atom. The highest BCUT2D eigenvalue weighted by atomic mass is 35.5. The molecule has 0 atom stereocenters. The molecule has 1 aromatic rings. The summed E-state index contributed by atoms with van der Waals surface area (Å²) in [4.78, 5) is 5.07. The molecule has 1 heterocycles. The zero-order chi connectivity index (χ0) is 15.1. The van der Waals surface area contributed by atoms with Gasteiger partial charge in [-0.15, -0.1) is 0 Å². The number of rotatable bonds is 7. The first kappa shape index (κ1) is 16.6. The van der Waals surface area contributed by atoms with Crippen LogP contribution in [0.3, 0.4) is 0 Å². The molecule has 1 saturated heterocycles. The molecular weight excluding hydrogens is 282 g/mol. The largest absolute Gasteiger partial charge is 0.367 e. The molecule has 1 aliphatic rings. The zero-order valence-corrected chi connectivity index (χ0v) is 14.1. The molecular formula is C17H28ClN3. The Kier molecular flexibility index (Phi) is 6.81. The summed E-state index contributed by atoms with van der Waals surface area (Å²) in [6, 6.07) is 8.97. The molecule has 0 spiro atoms. The molecule has 0 bridgehead atoms. The first-order chi connectivity index (χ1) is 10.2. The third-order valence-corrected chi connectivity index (χ3v) is 4.71. The van der Waals surface area contributed by atoms with E-state index in [0.717, 1.165) is 44.3 Å². The van der Waals surface area contributed by atoms with E-state index in [1.165, 1.54) is 18.5 Å². The highest BCUT2D eigenvalue weighted by Gasteiger charge is 2.21. The number of piperidine rings is 1. The molecule has 21 heavy (non-hydrogen) atoms. The highest BCUT2D eigenvalue weighted by molar-refractivity contribution is 6.30. The topological polar surface area (TPSA) is 18.5 Å². The van der Waals surface area contributed by atoms with Crippen LogP contribution in [0.4, 0.5) is 5.69 Å². The van der Waals surface area contributed by atoms with E-state index in [9.17, 15) is 0 Å². The van der Waals surface area contributed by atoms with Gasteiger partial charge in [-0.2, -0.15) is 0 Å². The van der Waals surface area contributed by atoms with Crippen molar-refractivity contribution in [1.29, 1.82) is 0 Å². The second-order valence-electron chi connectivity index (χ2n) is 5.68. The van der Waals surface area contributed by atoms with Crippen LogP contribution in [0.15, 0.2) is 24.3 Å². The Balaban J connectivity index is 2.07. The average Bonchev–Trinajstić information content (AvgIpc) is 2.54. The minimum atomic E-state index is 0.642. The maximum atomic E-state index is 6.04. The van der Waals surface area contributed by atoms with Crippen LogP contribution in [-0.2, 0) is 0 Å². The lowest BCUT2D eigenvalue weighted by Gasteiger charge is -2.37. The summed E-state index contributed by atoms with van der Waals surface area (Å²) in [5.41, 5.74) is 1.30. The molecule has 3 nitrogen and oxygen atoms in total. The van der Waals surface area contributed by atoms with Crippen LogP contribution in [0.1, 0.15) is 26.7 Å². The van der Waals surface area contributed by atoms with Crippen molar-refractivity contribution in [2.75, 3.05) is 44.2 Å². The molecule has 0 amide bonds. The smallest absolute Gasteiger partial charge is 0.0407 e. The van der Waals surface area contributed by atoms with E-state index < -0.39 is 0 Å². The van der Waals surface area contributed by atoms with Gasteiger partial charge in [-0.05, 0) is 63.3 Å². The summed E-state index contributed by atoms with van der Waals surface area (Å²) in [5.74, 6) is 0. The van der Waals surface area contributed by atoms with E-state index in [1.807, 2.05) is 12.1 Å². The molecule has 0 aromatic heterocycles. The van der Waals surface area contributed by atoms with Gasteiger partial charge in [0.25, 0.3) is 0 Å². The van der Waals surface area contributed by atoms with Crippen molar-refractivity contribution in [2.24, 2.45) is 0 Å². The van der Waals surface area contributed by atoms with Crippen molar-refractivity contribution in [3.05, 3.63) is 29.3 Å². The number of hydrogen-bond donors (Lipinski definition) is 1. The first-order valence-electron chi connectivity index (χ1n) is 8.19. The minimum Gasteiger partial charge on any atom is -0.367 e. The van der Waals surface area contributed by atoms with E-state index in [-0.39, 0.29) is 0 Å². The zero-order valence-electron chi connectivity index (χ0n) is 13.3. The summed E-state index contributed by atoms with van der Waals surface area (Å²) < 4.78 is 0. The predicted octanol–water partition coefficient (Wildman–Crippen LogP) is 3.24. The second-order valence-corrected chi connectivity index (χ2v) is 6.11. The van der Waals surface area contributed by atoms with Crippen LogP contribution >= 0.6 is 11.6 Å². The third kappa shape index (κ3) is 4.87. The Morgan fingerprint density at radius 3 is 2.24 bits per heavy atom. The van der Waals surface area contributed by atoms with E-state index in [0.29, 0.717) is 6.04 Å². The molecule has 118 valence electrons. The van der Waals surface area contributed by atoms with Gasteiger partial charge >= 0.3 is 0 Å². The maximum absolute atomic E-state index is 6.04. The molecule has 1 N–H and O–H groups in total. The van der Waals surface area contributed by atoms with E-state index >= 15 is 0 Å². The highest BCUT2D eigenvalue weighted by Crippen LogP contribution is 2.23. The lowest BCUT2D eigenvalue weighted by atomic mass is 10.0. The Hall–Kier alpha value is -0.770. The van der Waals surface area contributed by atoms with Gasteiger partial charge in [0.05, 0.1) is 0 Å². The Bertz CT molecular complexity index is 397. The molecule has 1 fully saturated rings. The van der Waals surface area contributed by atoms with Gasteiger partial charge in [0.2, 0.25) is 0 Å². The quantitative estimate of drug-likeness (QED) is 0.834. The normalized spacial score (nSPS) is 16.4. The molecule has 1 aromatic carbocycles. The number of likely N-dealkylation sites (N-methyl/N-ethyl adjacent to an activating group) is 1. The maximum Gasteiger partial charge on any atom is 0.0407 e. The summed E-state index contributed by atoms with van der Waals surface area (Å²) in [6.45, 7) is 11.2. The SMILES string of the molecule is CCN(CC)CCN(c1ccc(Cl)cc1)C1CCNCC1. The molecule has 0 aliphatic carbocycles. The summed E-state index contributed by atoms with van der Waals surface area (Å²) in [7, 11) is 0. The standard InChI is InChI=1S/C17H28ClN3/c1-3-20(4-2)13-14-21(17-9-11-19-12-10-17)16-7-5-15(18)6-8-16/h5-8,17,19H,3-4,9-14H2,1-2H3. The van der Waals surface area contributed by atoms with E-state index in [2.05, 4.69) is 41.1 Å². The lowest BCUT2D eigenvalue weighted by molar-refractivity contribution is 0.301. The van der Waals surface area contributed by atoms with Crippen LogP contribution in [0.2, 0.25) is 5.02 Å². The van der Waals surface area contributed by atoms with Gasteiger partial charge in [-0.1, -0.05) is 25.4 Å². The number of anilines is 1. The van der Waals surface area contributed by atoms with Gasteiger partial charge in [-0.25, -0.2) is 0 Å². The Morgan fingerprint density at radius 2 is 1.67 bits per heavy atom. The van der Waals surface area contributed by atoms with Crippen LogP contribution < -0.4 is 10.2 Å². The molecule has 1 aliphatic heterocycles. The van der Waals surface area contributed by atoms with Crippen LogP contribution in [-0.4, -0.2) is 50.2 Å². The fourth-order valence-corrected chi connectivity index (χ4v) is 3.19. The van der Waals surface area contributed by atoms with Crippen LogP contribution in [0, 0.1) is 0 Å². The van der Waals surface area contributed by atoms with Gasteiger partial charge in [-0.3, -0.25) is 0 Å². The van der Waals surface area contributed by atoms with Gasteiger partial charge in [0, 0.05) is 29.8 Å². The third-order valence-electron chi connectivity index (χ3n) is 4.46. The number of halogens is 1. The number of nitrogens with zero attached hydrogens (tertiary/aromatic N) is 2. The van der Waals surface area contributed by atoms with Crippen LogP contribution in [0.5, 0.6) is 0 Å². The molecule has 2 rings (SSSR count). The minimum absolute atomic E-state index is 0.642. The van der Waals surface area contributed by atoms with Gasteiger partial charge in [0.1, 0.15) is 0 Å². The van der Waals surface area contributed by atoms with Gasteiger partial charge in [0.15, 0.2) is 0 Å². The second kappa shape index (κ2) is 8.62. The summed E-state index contributed by atoms with van der Waals surface area (Å²) in [5, 5.41) is 4.27. The van der Waals surface area contributed by atoms with Crippen molar-refractivity contribution in [3.8, 4) is 0 Å². The number of nitrogens with one attached hydrogen (secondary N) is 1. The fraction of sp³-hybridized carbons (Fsp3) is 0.647. The van der Waals surface area contributed by atoms with Crippen molar-refractivity contribution in [3.63, 3.8) is 0 Å². The van der Waals surface area contributed by atoms with E-state index in [1.54, 1.807) is 0 Å². The van der Waals surface area contributed by atoms with Crippen molar-refractivity contribution >= 4 is 17.3 Å². The number of hydrogen-bond acceptors (Lipinski definition) is 3. The lowest BCUT2D eigenvalue weighted by Crippen LogP contribution is -2.46. The van der Waals surface area contributed by atoms with Crippen molar-refractivity contribution in [2.45, 2.75) is 32.7 Å². The fourth-order valence-electron chi connectivity index (χ4n) is 3.06. The Labute approximate surface area is 134 Å². The molecule has 0 radical (unpaired) electrons. The summed E-state index contributed by atoms with van der Waals surface area (Å²) >= 11 is 6.04. The molecule has 0 saturated carbocycles. The molecule has 0 unspecified atom stereocenters.